The van der Waals surface area contributed by atoms with Gasteiger partial charge in [0.15, 0.2) is 0 Å². The van der Waals surface area contributed by atoms with Crippen molar-refractivity contribution in [1.29, 1.82) is 0 Å². The van der Waals surface area contributed by atoms with E-state index in [1.165, 1.54) is 10.6 Å². The first-order valence-corrected chi connectivity index (χ1v) is 11.0. The van der Waals surface area contributed by atoms with Crippen LogP contribution in [0.2, 0.25) is 0 Å². The van der Waals surface area contributed by atoms with Crippen LogP contribution < -0.4 is 10.6 Å². The molecular formula is C18H23O3PS. The summed E-state index contributed by atoms with van der Waals surface area (Å²) in [6, 6.07) is 21.2. The highest BCUT2D eigenvalue weighted by Gasteiger charge is 2.12. The van der Waals surface area contributed by atoms with Gasteiger partial charge in [0.05, 0.1) is 5.75 Å². The molecule has 124 valence electrons. The molecule has 0 saturated heterocycles. The fraction of sp³-hybridized carbons (Fsp3) is 0.333. The van der Waals surface area contributed by atoms with Crippen LogP contribution in [0.25, 0.3) is 0 Å². The first-order chi connectivity index (χ1) is 11.1. The second kappa shape index (κ2) is 9.17. The summed E-state index contributed by atoms with van der Waals surface area (Å²) in [5.41, 5.74) is 0. The van der Waals surface area contributed by atoms with Crippen LogP contribution in [-0.4, -0.2) is 24.9 Å². The van der Waals surface area contributed by atoms with E-state index in [2.05, 4.69) is 48.5 Å². The maximum absolute atomic E-state index is 10.7. The molecule has 2 aromatic carbocycles. The van der Waals surface area contributed by atoms with Crippen LogP contribution in [0, 0.1) is 0 Å². The number of benzene rings is 2. The Morgan fingerprint density at radius 2 is 1.22 bits per heavy atom. The molecule has 3 nitrogen and oxygen atoms in total. The third-order valence-corrected chi connectivity index (χ3v) is 7.08. The highest BCUT2D eigenvalue weighted by atomic mass is 32.2. The SMILES string of the molecule is O=S(=O)(O)CCCCCCP(c1ccccc1)c1ccccc1. The second-order valence-electron chi connectivity index (χ2n) is 5.52. The van der Waals surface area contributed by atoms with E-state index in [1.54, 1.807) is 0 Å². The van der Waals surface area contributed by atoms with Gasteiger partial charge in [0.25, 0.3) is 10.1 Å². The molecule has 0 heterocycles. The summed E-state index contributed by atoms with van der Waals surface area (Å²) < 4.78 is 30.1. The van der Waals surface area contributed by atoms with Crippen LogP contribution >= 0.6 is 7.92 Å². The summed E-state index contributed by atoms with van der Waals surface area (Å²) in [6.45, 7) is 0. The number of hydrogen-bond acceptors (Lipinski definition) is 2. The monoisotopic (exact) mass is 350 g/mol. The predicted octanol–water partition coefficient (Wildman–Crippen LogP) is 3.57. The Labute approximate surface area is 140 Å². The van der Waals surface area contributed by atoms with Gasteiger partial charge < -0.3 is 0 Å². The average Bonchev–Trinajstić information content (AvgIpc) is 2.55. The van der Waals surface area contributed by atoms with E-state index in [-0.39, 0.29) is 13.7 Å². The fourth-order valence-electron chi connectivity index (χ4n) is 2.53. The quantitative estimate of drug-likeness (QED) is 0.427. The van der Waals surface area contributed by atoms with Crippen molar-refractivity contribution in [3.8, 4) is 0 Å². The Balaban J connectivity index is 1.89. The summed E-state index contributed by atoms with van der Waals surface area (Å²) in [5.74, 6) is -0.126. The topological polar surface area (TPSA) is 54.4 Å². The molecule has 0 saturated carbocycles. The standard InChI is InChI=1S/C18H23O3PS/c19-23(20,21)16-10-2-1-9-15-22(17-11-5-3-6-12-17)18-13-7-4-8-14-18/h3-8,11-14H,1-2,9-10,15-16H2,(H,19,20,21). The Morgan fingerprint density at radius 3 is 1.70 bits per heavy atom. The molecule has 0 spiro atoms. The number of hydrogen-bond donors (Lipinski definition) is 1. The van der Waals surface area contributed by atoms with Crippen molar-refractivity contribution in [2.45, 2.75) is 25.7 Å². The third kappa shape index (κ3) is 6.82. The lowest BCUT2D eigenvalue weighted by molar-refractivity contribution is 0.479. The zero-order chi connectivity index (χ0) is 16.5. The second-order valence-corrected chi connectivity index (χ2v) is 9.43. The van der Waals surface area contributed by atoms with E-state index in [1.807, 2.05) is 12.1 Å². The van der Waals surface area contributed by atoms with Crippen LogP contribution in [-0.2, 0) is 10.1 Å². The van der Waals surface area contributed by atoms with E-state index in [9.17, 15) is 8.42 Å². The molecule has 0 unspecified atom stereocenters. The molecule has 0 aromatic heterocycles. The Morgan fingerprint density at radius 1 is 0.739 bits per heavy atom. The van der Waals surface area contributed by atoms with Gasteiger partial charge in [-0.25, -0.2) is 0 Å². The van der Waals surface area contributed by atoms with Crippen molar-refractivity contribution >= 4 is 28.6 Å². The number of rotatable bonds is 9. The molecule has 2 rings (SSSR count). The van der Waals surface area contributed by atoms with E-state index in [0.717, 1.165) is 25.4 Å². The minimum Gasteiger partial charge on any atom is -0.286 e. The molecule has 0 amide bonds. The van der Waals surface area contributed by atoms with Crippen LogP contribution in [0.5, 0.6) is 0 Å². The van der Waals surface area contributed by atoms with Crippen molar-refractivity contribution in [1.82, 2.24) is 0 Å². The van der Waals surface area contributed by atoms with Crippen LogP contribution in [0.15, 0.2) is 60.7 Å². The molecule has 0 atom stereocenters. The smallest absolute Gasteiger partial charge is 0.264 e. The van der Waals surface area contributed by atoms with E-state index in [0.29, 0.717) is 6.42 Å². The van der Waals surface area contributed by atoms with Gasteiger partial charge in [0.1, 0.15) is 0 Å². The molecule has 0 radical (unpaired) electrons. The van der Waals surface area contributed by atoms with Gasteiger partial charge >= 0.3 is 0 Å². The highest BCUT2D eigenvalue weighted by Crippen LogP contribution is 2.34. The van der Waals surface area contributed by atoms with Crippen molar-refractivity contribution in [3.05, 3.63) is 60.7 Å². The van der Waals surface area contributed by atoms with Crippen molar-refractivity contribution in [2.24, 2.45) is 0 Å². The molecule has 5 heteroatoms. The van der Waals surface area contributed by atoms with E-state index >= 15 is 0 Å². The minimum absolute atomic E-state index is 0.126. The van der Waals surface area contributed by atoms with Gasteiger partial charge in [-0.15, -0.1) is 0 Å². The molecule has 1 N–H and O–H groups in total. The normalized spacial score (nSPS) is 11.7. The largest absolute Gasteiger partial charge is 0.286 e. The maximum atomic E-state index is 10.7. The summed E-state index contributed by atoms with van der Waals surface area (Å²) in [5, 5.41) is 2.76. The maximum Gasteiger partial charge on any atom is 0.264 e. The van der Waals surface area contributed by atoms with E-state index < -0.39 is 10.1 Å². The van der Waals surface area contributed by atoms with Gasteiger partial charge in [0, 0.05) is 0 Å². The Hall–Kier alpha value is -1.22. The molecule has 0 aliphatic rings. The van der Waals surface area contributed by atoms with Crippen molar-refractivity contribution in [3.63, 3.8) is 0 Å². The molecule has 0 aliphatic heterocycles. The van der Waals surface area contributed by atoms with Gasteiger partial charge in [0.2, 0.25) is 0 Å². The molecule has 23 heavy (non-hydrogen) atoms. The zero-order valence-corrected chi connectivity index (χ0v) is 14.8. The Kier molecular flexibility index (Phi) is 7.22. The predicted molar refractivity (Wildman–Crippen MR) is 98.8 cm³/mol. The van der Waals surface area contributed by atoms with E-state index in [4.69, 9.17) is 4.55 Å². The lowest BCUT2D eigenvalue weighted by Gasteiger charge is -2.18. The number of unbranched alkanes of at least 4 members (excludes halogenated alkanes) is 3. The summed E-state index contributed by atoms with van der Waals surface area (Å²) >= 11 is 0. The van der Waals surface area contributed by atoms with Crippen molar-refractivity contribution < 1.29 is 13.0 Å². The van der Waals surface area contributed by atoms with Gasteiger partial charge in [-0.2, -0.15) is 8.42 Å². The highest BCUT2D eigenvalue weighted by molar-refractivity contribution is 7.85. The Bertz CT molecular complexity index is 632. The van der Waals surface area contributed by atoms with Crippen LogP contribution in [0.4, 0.5) is 0 Å². The first kappa shape index (κ1) is 18.1. The molecule has 0 aliphatic carbocycles. The molecule has 2 aromatic rings. The zero-order valence-electron chi connectivity index (χ0n) is 13.1. The average molecular weight is 350 g/mol. The van der Waals surface area contributed by atoms with Crippen LogP contribution in [0.1, 0.15) is 25.7 Å². The summed E-state index contributed by atoms with van der Waals surface area (Å²) in [6.07, 6.45) is 4.55. The summed E-state index contributed by atoms with van der Waals surface area (Å²) in [7, 11) is -4.17. The first-order valence-electron chi connectivity index (χ1n) is 7.89. The lowest BCUT2D eigenvalue weighted by atomic mass is 10.2. The van der Waals surface area contributed by atoms with Gasteiger partial charge in [-0.05, 0) is 37.5 Å². The molecule has 0 bridgehead atoms. The third-order valence-electron chi connectivity index (χ3n) is 3.67. The summed E-state index contributed by atoms with van der Waals surface area (Å²) in [4.78, 5) is 0. The molecule has 0 fully saturated rings. The van der Waals surface area contributed by atoms with Gasteiger partial charge in [-0.3, -0.25) is 4.55 Å². The minimum atomic E-state index is -3.81. The van der Waals surface area contributed by atoms with Crippen LogP contribution in [0.3, 0.4) is 0 Å². The lowest BCUT2D eigenvalue weighted by Crippen LogP contribution is -2.13. The fourth-order valence-corrected chi connectivity index (χ4v) is 5.52. The van der Waals surface area contributed by atoms with Gasteiger partial charge in [-0.1, -0.05) is 73.5 Å². The molecular weight excluding hydrogens is 327 g/mol. The van der Waals surface area contributed by atoms with Crippen molar-refractivity contribution in [2.75, 3.05) is 11.9 Å².